The molecular formula is C20H31N3O3. The van der Waals surface area contributed by atoms with Gasteiger partial charge in [0.15, 0.2) is 11.5 Å². The molecule has 1 aromatic rings. The SMILES string of the molecule is COc1cc2c(cc1OCCCN1CCCC1)NC(N)C21CCOCC1. The van der Waals surface area contributed by atoms with Gasteiger partial charge in [-0.15, -0.1) is 0 Å². The quantitative estimate of drug-likeness (QED) is 0.758. The molecule has 2 saturated heterocycles. The Morgan fingerprint density at radius 2 is 2.00 bits per heavy atom. The molecule has 4 rings (SSSR count). The molecule has 1 atom stereocenters. The predicted molar refractivity (Wildman–Crippen MR) is 102 cm³/mol. The lowest BCUT2D eigenvalue weighted by Gasteiger charge is -2.37. The first-order valence-corrected chi connectivity index (χ1v) is 9.90. The van der Waals surface area contributed by atoms with Crippen LogP contribution in [0.5, 0.6) is 11.5 Å². The molecule has 0 saturated carbocycles. The predicted octanol–water partition coefficient (Wildman–Crippen LogP) is 2.32. The van der Waals surface area contributed by atoms with Crippen molar-refractivity contribution in [3.8, 4) is 11.5 Å². The summed E-state index contributed by atoms with van der Waals surface area (Å²) in [4.78, 5) is 2.51. The summed E-state index contributed by atoms with van der Waals surface area (Å²) in [5.41, 5.74) is 8.74. The van der Waals surface area contributed by atoms with Gasteiger partial charge < -0.3 is 30.2 Å². The molecule has 0 radical (unpaired) electrons. The summed E-state index contributed by atoms with van der Waals surface area (Å²) in [6.45, 7) is 5.79. The van der Waals surface area contributed by atoms with Crippen LogP contribution in [0.15, 0.2) is 12.1 Å². The summed E-state index contributed by atoms with van der Waals surface area (Å²) in [5.74, 6) is 1.60. The van der Waals surface area contributed by atoms with E-state index in [0.717, 1.165) is 56.2 Å². The van der Waals surface area contributed by atoms with Gasteiger partial charge in [0.25, 0.3) is 0 Å². The van der Waals surface area contributed by atoms with E-state index in [1.165, 1.54) is 31.5 Å². The van der Waals surface area contributed by atoms with Crippen LogP contribution >= 0.6 is 0 Å². The fourth-order valence-corrected chi connectivity index (χ4v) is 4.63. The average Bonchev–Trinajstić information content (AvgIpc) is 3.27. The number of nitrogens with zero attached hydrogens (tertiary/aromatic N) is 1. The van der Waals surface area contributed by atoms with E-state index in [4.69, 9.17) is 19.9 Å². The Labute approximate surface area is 156 Å². The molecule has 144 valence electrons. The van der Waals surface area contributed by atoms with Crippen molar-refractivity contribution >= 4 is 5.69 Å². The fourth-order valence-electron chi connectivity index (χ4n) is 4.63. The minimum atomic E-state index is -0.0866. The highest BCUT2D eigenvalue weighted by atomic mass is 16.5. The van der Waals surface area contributed by atoms with Crippen molar-refractivity contribution in [1.82, 2.24) is 4.90 Å². The van der Waals surface area contributed by atoms with Gasteiger partial charge in [-0.1, -0.05) is 0 Å². The van der Waals surface area contributed by atoms with Crippen molar-refractivity contribution in [3.05, 3.63) is 17.7 Å². The van der Waals surface area contributed by atoms with Crippen molar-refractivity contribution in [1.29, 1.82) is 0 Å². The van der Waals surface area contributed by atoms with Gasteiger partial charge in [-0.05, 0) is 56.8 Å². The van der Waals surface area contributed by atoms with Gasteiger partial charge >= 0.3 is 0 Å². The molecule has 6 nitrogen and oxygen atoms in total. The third-order valence-corrected chi connectivity index (χ3v) is 6.21. The number of methoxy groups -OCH3 is 1. The van der Waals surface area contributed by atoms with Gasteiger partial charge in [0.1, 0.15) is 0 Å². The van der Waals surface area contributed by atoms with E-state index in [-0.39, 0.29) is 11.6 Å². The number of fused-ring (bicyclic) bond motifs is 2. The lowest BCUT2D eigenvalue weighted by Crippen LogP contribution is -2.48. The lowest BCUT2D eigenvalue weighted by atomic mass is 9.73. The van der Waals surface area contributed by atoms with Crippen molar-refractivity contribution in [2.75, 3.05) is 51.9 Å². The second kappa shape index (κ2) is 7.62. The summed E-state index contributed by atoms with van der Waals surface area (Å²) in [6.07, 6.45) is 5.49. The molecule has 1 unspecified atom stereocenters. The first-order valence-electron chi connectivity index (χ1n) is 9.90. The van der Waals surface area contributed by atoms with Crippen molar-refractivity contribution in [2.24, 2.45) is 5.73 Å². The molecule has 0 bridgehead atoms. The molecule has 3 aliphatic rings. The molecule has 3 heterocycles. The third kappa shape index (κ3) is 3.26. The normalized spacial score (nSPS) is 24.5. The molecule has 26 heavy (non-hydrogen) atoms. The van der Waals surface area contributed by atoms with Crippen LogP contribution in [-0.2, 0) is 10.2 Å². The Morgan fingerprint density at radius 1 is 1.23 bits per heavy atom. The smallest absolute Gasteiger partial charge is 0.163 e. The highest BCUT2D eigenvalue weighted by molar-refractivity contribution is 5.68. The number of likely N-dealkylation sites (tertiary alicyclic amines) is 1. The maximum atomic E-state index is 6.47. The van der Waals surface area contributed by atoms with Crippen LogP contribution in [0.4, 0.5) is 5.69 Å². The average molecular weight is 361 g/mol. The highest BCUT2D eigenvalue weighted by Crippen LogP contribution is 2.49. The van der Waals surface area contributed by atoms with Gasteiger partial charge in [0, 0.05) is 36.9 Å². The highest BCUT2D eigenvalue weighted by Gasteiger charge is 2.46. The van der Waals surface area contributed by atoms with E-state index in [1.54, 1.807) is 7.11 Å². The van der Waals surface area contributed by atoms with Gasteiger partial charge in [0.2, 0.25) is 0 Å². The molecule has 0 aromatic heterocycles. The zero-order valence-electron chi connectivity index (χ0n) is 15.8. The lowest BCUT2D eigenvalue weighted by molar-refractivity contribution is 0.0464. The first kappa shape index (κ1) is 17.9. The van der Waals surface area contributed by atoms with Crippen LogP contribution in [0.1, 0.15) is 37.7 Å². The van der Waals surface area contributed by atoms with Gasteiger partial charge in [0.05, 0.1) is 19.9 Å². The van der Waals surface area contributed by atoms with Gasteiger partial charge in [-0.2, -0.15) is 0 Å². The molecule has 0 amide bonds. The standard InChI is InChI=1S/C20H31N3O3/c1-24-17-13-15-16(22-19(21)20(15)5-11-25-12-6-20)14-18(17)26-10-4-9-23-7-2-3-8-23/h13-14,19,22H,2-12,21H2,1H3. The molecular weight excluding hydrogens is 330 g/mol. The van der Waals surface area contributed by atoms with Gasteiger partial charge in [-0.25, -0.2) is 0 Å². The number of hydrogen-bond donors (Lipinski definition) is 2. The molecule has 0 aliphatic carbocycles. The molecule has 1 aromatic carbocycles. The Kier molecular flexibility index (Phi) is 5.25. The number of rotatable bonds is 6. The summed E-state index contributed by atoms with van der Waals surface area (Å²) in [6, 6.07) is 4.18. The number of nitrogens with one attached hydrogen (secondary N) is 1. The van der Waals surface area contributed by atoms with E-state index in [0.29, 0.717) is 6.61 Å². The summed E-state index contributed by atoms with van der Waals surface area (Å²) in [7, 11) is 1.71. The molecule has 2 fully saturated rings. The molecule has 3 aliphatic heterocycles. The maximum Gasteiger partial charge on any atom is 0.163 e. The second-order valence-electron chi connectivity index (χ2n) is 7.69. The zero-order valence-corrected chi connectivity index (χ0v) is 15.8. The third-order valence-electron chi connectivity index (χ3n) is 6.21. The topological polar surface area (TPSA) is 69.0 Å². The van der Waals surface area contributed by atoms with Crippen molar-refractivity contribution in [2.45, 2.75) is 43.7 Å². The summed E-state index contributed by atoms with van der Waals surface area (Å²) >= 11 is 0. The van der Waals surface area contributed by atoms with Crippen LogP contribution in [-0.4, -0.2) is 57.6 Å². The van der Waals surface area contributed by atoms with Crippen LogP contribution in [0.2, 0.25) is 0 Å². The number of hydrogen-bond acceptors (Lipinski definition) is 6. The minimum Gasteiger partial charge on any atom is -0.493 e. The number of nitrogens with two attached hydrogens (primary N) is 1. The number of anilines is 1. The van der Waals surface area contributed by atoms with Crippen LogP contribution in [0, 0.1) is 0 Å². The Morgan fingerprint density at radius 3 is 2.73 bits per heavy atom. The van der Waals surface area contributed by atoms with E-state index in [2.05, 4.69) is 22.3 Å². The van der Waals surface area contributed by atoms with E-state index in [9.17, 15) is 0 Å². The Hall–Kier alpha value is -1.50. The Bertz CT molecular complexity index is 625. The van der Waals surface area contributed by atoms with Crippen LogP contribution in [0.3, 0.4) is 0 Å². The molecule has 3 N–H and O–H groups in total. The second-order valence-corrected chi connectivity index (χ2v) is 7.69. The van der Waals surface area contributed by atoms with Crippen molar-refractivity contribution < 1.29 is 14.2 Å². The zero-order chi connectivity index (χ0) is 18.0. The van der Waals surface area contributed by atoms with Crippen LogP contribution in [0.25, 0.3) is 0 Å². The number of benzene rings is 1. The Balaban J connectivity index is 1.46. The summed E-state index contributed by atoms with van der Waals surface area (Å²) in [5, 5.41) is 3.46. The largest absolute Gasteiger partial charge is 0.493 e. The van der Waals surface area contributed by atoms with E-state index >= 15 is 0 Å². The van der Waals surface area contributed by atoms with Crippen molar-refractivity contribution in [3.63, 3.8) is 0 Å². The monoisotopic (exact) mass is 361 g/mol. The minimum absolute atomic E-state index is 0.0604. The van der Waals surface area contributed by atoms with Crippen LogP contribution < -0.4 is 20.5 Å². The number of ether oxygens (including phenoxy) is 3. The van der Waals surface area contributed by atoms with E-state index in [1.807, 2.05) is 0 Å². The first-order chi connectivity index (χ1) is 12.7. The fraction of sp³-hybridized carbons (Fsp3) is 0.700. The molecule has 6 heteroatoms. The summed E-state index contributed by atoms with van der Waals surface area (Å²) < 4.78 is 17.3. The van der Waals surface area contributed by atoms with Gasteiger partial charge in [-0.3, -0.25) is 0 Å². The maximum absolute atomic E-state index is 6.47. The molecule has 1 spiro atoms. The van der Waals surface area contributed by atoms with E-state index < -0.39 is 0 Å².